The number of nitrogens with zero attached hydrogens (tertiary/aromatic N) is 2. The number of hydrogen-bond acceptors (Lipinski definition) is 3. The van der Waals surface area contributed by atoms with Crippen molar-refractivity contribution in [1.29, 1.82) is 0 Å². The molecule has 142 valence electrons. The minimum atomic E-state index is 0.211. The molecule has 0 spiro atoms. The summed E-state index contributed by atoms with van der Waals surface area (Å²) in [6.45, 7) is 15.1. The predicted octanol–water partition coefficient (Wildman–Crippen LogP) is 4.13. The van der Waals surface area contributed by atoms with Gasteiger partial charge in [-0.05, 0) is 25.8 Å². The van der Waals surface area contributed by atoms with Crippen molar-refractivity contribution in [3.8, 4) is 0 Å². The summed E-state index contributed by atoms with van der Waals surface area (Å²) in [4.78, 5) is 28.2. The van der Waals surface area contributed by atoms with Gasteiger partial charge in [0.2, 0.25) is 5.91 Å². The van der Waals surface area contributed by atoms with Crippen molar-refractivity contribution >= 4 is 11.7 Å². The van der Waals surface area contributed by atoms with E-state index in [1.165, 1.54) is 0 Å². The zero-order chi connectivity index (χ0) is 18.4. The number of hydrogen-bond donors (Lipinski definition) is 0. The average molecular weight is 341 g/mol. The largest absolute Gasteiger partial charge is 0.340 e. The molecular weight excluding hydrogens is 300 g/mol. The van der Waals surface area contributed by atoms with Crippen LogP contribution in [0.3, 0.4) is 0 Å². The number of amides is 1. The third-order valence-corrected chi connectivity index (χ3v) is 4.90. The lowest BCUT2D eigenvalue weighted by molar-refractivity contribution is -0.133. The summed E-state index contributed by atoms with van der Waals surface area (Å²) in [5.41, 5.74) is 0. The maximum atomic E-state index is 12.1. The number of ketones is 1. The molecule has 1 saturated heterocycles. The standard InChI is InChI=1S/C18H34N2O2.C2H6/c1-4-16(3)17(21)10-8-6-7-9-11-18(22)20-14-12-19(5-2)13-15-20;1-2/h16H,4-15H2,1-3H3;1-2H3. The smallest absolute Gasteiger partial charge is 0.222 e. The molecule has 4 nitrogen and oxygen atoms in total. The summed E-state index contributed by atoms with van der Waals surface area (Å²) in [6.07, 6.45) is 6.40. The van der Waals surface area contributed by atoms with E-state index < -0.39 is 0 Å². The van der Waals surface area contributed by atoms with Gasteiger partial charge in [-0.2, -0.15) is 0 Å². The lowest BCUT2D eigenvalue weighted by Crippen LogP contribution is -2.48. The number of likely N-dealkylation sites (N-methyl/N-ethyl adjacent to an activating group) is 1. The third-order valence-electron chi connectivity index (χ3n) is 4.90. The van der Waals surface area contributed by atoms with Gasteiger partial charge >= 0.3 is 0 Å². The van der Waals surface area contributed by atoms with Gasteiger partial charge in [0.25, 0.3) is 0 Å². The van der Waals surface area contributed by atoms with Crippen molar-refractivity contribution < 1.29 is 9.59 Å². The Morgan fingerprint density at radius 1 is 0.875 bits per heavy atom. The second-order valence-corrected chi connectivity index (χ2v) is 6.50. The van der Waals surface area contributed by atoms with Gasteiger partial charge in [0.05, 0.1) is 0 Å². The highest BCUT2D eigenvalue weighted by molar-refractivity contribution is 5.80. The summed E-state index contributed by atoms with van der Waals surface area (Å²) in [6, 6.07) is 0. The molecule has 0 aliphatic carbocycles. The van der Waals surface area contributed by atoms with Crippen LogP contribution in [-0.4, -0.2) is 54.2 Å². The van der Waals surface area contributed by atoms with E-state index in [9.17, 15) is 9.59 Å². The summed E-state index contributed by atoms with van der Waals surface area (Å²) < 4.78 is 0. The van der Waals surface area contributed by atoms with Crippen molar-refractivity contribution in [2.45, 2.75) is 79.6 Å². The monoisotopic (exact) mass is 340 g/mol. The lowest BCUT2D eigenvalue weighted by atomic mass is 9.98. The van der Waals surface area contributed by atoms with Crippen LogP contribution in [0.15, 0.2) is 0 Å². The Labute approximate surface area is 150 Å². The minimum absolute atomic E-state index is 0.211. The highest BCUT2D eigenvalue weighted by Gasteiger charge is 2.19. The van der Waals surface area contributed by atoms with Crippen LogP contribution in [0.4, 0.5) is 0 Å². The van der Waals surface area contributed by atoms with Crippen molar-refractivity contribution in [3.05, 3.63) is 0 Å². The first kappa shape index (κ1) is 23.1. The van der Waals surface area contributed by atoms with Crippen LogP contribution in [0.5, 0.6) is 0 Å². The molecule has 0 N–H and O–H groups in total. The van der Waals surface area contributed by atoms with Crippen molar-refractivity contribution in [1.82, 2.24) is 9.80 Å². The molecule has 4 heteroatoms. The summed E-state index contributed by atoms with van der Waals surface area (Å²) in [5.74, 6) is 0.919. The molecule has 1 heterocycles. The molecule has 0 aromatic heterocycles. The van der Waals surface area contributed by atoms with Crippen LogP contribution < -0.4 is 0 Å². The lowest BCUT2D eigenvalue weighted by Gasteiger charge is -2.34. The fourth-order valence-corrected chi connectivity index (χ4v) is 2.87. The second-order valence-electron chi connectivity index (χ2n) is 6.50. The first-order valence-electron chi connectivity index (χ1n) is 10.1. The van der Waals surface area contributed by atoms with Crippen LogP contribution in [0.2, 0.25) is 0 Å². The first-order valence-corrected chi connectivity index (χ1v) is 10.1. The Hall–Kier alpha value is -0.900. The molecule has 0 aromatic rings. The van der Waals surface area contributed by atoms with E-state index in [2.05, 4.69) is 18.7 Å². The maximum absolute atomic E-state index is 12.1. The molecule has 0 bridgehead atoms. The molecule has 1 fully saturated rings. The summed E-state index contributed by atoms with van der Waals surface area (Å²) in [7, 11) is 0. The Kier molecular flexibility index (Phi) is 13.9. The Bertz CT molecular complexity index is 337. The van der Waals surface area contributed by atoms with Crippen LogP contribution >= 0.6 is 0 Å². The van der Waals surface area contributed by atoms with Gasteiger partial charge in [0, 0.05) is 44.9 Å². The zero-order valence-corrected chi connectivity index (χ0v) is 16.8. The van der Waals surface area contributed by atoms with Crippen molar-refractivity contribution in [2.24, 2.45) is 5.92 Å². The number of carbonyl (C=O) groups is 2. The van der Waals surface area contributed by atoms with Crippen LogP contribution in [0.25, 0.3) is 0 Å². The van der Waals surface area contributed by atoms with E-state index in [-0.39, 0.29) is 5.92 Å². The Morgan fingerprint density at radius 2 is 1.42 bits per heavy atom. The minimum Gasteiger partial charge on any atom is -0.340 e. The molecule has 1 rings (SSSR count). The predicted molar refractivity (Wildman–Crippen MR) is 102 cm³/mol. The van der Waals surface area contributed by atoms with Gasteiger partial charge < -0.3 is 9.80 Å². The Balaban J connectivity index is 0.00000254. The van der Waals surface area contributed by atoms with Crippen LogP contribution in [-0.2, 0) is 9.59 Å². The first-order chi connectivity index (χ1) is 11.6. The molecule has 0 radical (unpaired) electrons. The molecule has 24 heavy (non-hydrogen) atoms. The highest BCUT2D eigenvalue weighted by atomic mass is 16.2. The fourth-order valence-electron chi connectivity index (χ4n) is 2.87. The normalized spacial score (nSPS) is 16.3. The van der Waals surface area contributed by atoms with Crippen LogP contribution in [0, 0.1) is 5.92 Å². The van der Waals surface area contributed by atoms with Gasteiger partial charge in [-0.1, -0.05) is 47.5 Å². The van der Waals surface area contributed by atoms with Gasteiger partial charge in [0.15, 0.2) is 0 Å². The summed E-state index contributed by atoms with van der Waals surface area (Å²) >= 11 is 0. The maximum Gasteiger partial charge on any atom is 0.222 e. The van der Waals surface area contributed by atoms with Crippen LogP contribution in [0.1, 0.15) is 79.6 Å². The number of Topliss-reactive ketones (excluding diaryl/α,β-unsaturated/α-hetero) is 1. The van der Waals surface area contributed by atoms with Gasteiger partial charge in [-0.25, -0.2) is 0 Å². The molecule has 1 aliphatic rings. The number of carbonyl (C=O) groups excluding carboxylic acids is 2. The van der Waals surface area contributed by atoms with E-state index in [0.29, 0.717) is 24.5 Å². The Morgan fingerprint density at radius 3 is 1.92 bits per heavy atom. The molecular formula is C20H40N2O2. The number of piperazine rings is 1. The van der Waals surface area contributed by atoms with E-state index in [1.54, 1.807) is 0 Å². The van der Waals surface area contributed by atoms with Gasteiger partial charge in [-0.15, -0.1) is 0 Å². The fraction of sp³-hybridized carbons (Fsp3) is 0.900. The van der Waals surface area contributed by atoms with E-state index in [1.807, 2.05) is 25.7 Å². The van der Waals surface area contributed by atoms with Gasteiger partial charge in [-0.3, -0.25) is 9.59 Å². The number of rotatable bonds is 10. The van der Waals surface area contributed by atoms with E-state index in [4.69, 9.17) is 0 Å². The molecule has 0 saturated carbocycles. The van der Waals surface area contributed by atoms with E-state index in [0.717, 1.165) is 64.8 Å². The number of unbranched alkanes of at least 4 members (excludes halogenated alkanes) is 3. The molecule has 0 aromatic carbocycles. The second kappa shape index (κ2) is 14.4. The van der Waals surface area contributed by atoms with E-state index >= 15 is 0 Å². The summed E-state index contributed by atoms with van der Waals surface area (Å²) in [5, 5.41) is 0. The van der Waals surface area contributed by atoms with Crippen molar-refractivity contribution in [3.63, 3.8) is 0 Å². The zero-order valence-electron chi connectivity index (χ0n) is 16.8. The SMILES string of the molecule is CC.CCC(C)C(=O)CCCCCCC(=O)N1CCN(CC)CC1. The highest BCUT2D eigenvalue weighted by Crippen LogP contribution is 2.12. The third kappa shape index (κ3) is 9.41. The average Bonchev–Trinajstić information content (AvgIpc) is 2.65. The van der Waals surface area contributed by atoms with Crippen molar-refractivity contribution in [2.75, 3.05) is 32.7 Å². The topological polar surface area (TPSA) is 40.6 Å². The molecule has 1 atom stereocenters. The molecule has 1 aliphatic heterocycles. The van der Waals surface area contributed by atoms with Gasteiger partial charge in [0.1, 0.15) is 5.78 Å². The molecule has 1 unspecified atom stereocenters. The molecule has 1 amide bonds. The quantitative estimate of drug-likeness (QED) is 0.561.